The van der Waals surface area contributed by atoms with Crippen molar-refractivity contribution in [3.05, 3.63) is 108 Å². The summed E-state index contributed by atoms with van der Waals surface area (Å²) in [5, 5.41) is 0. The molecule has 2 heteroatoms. The van der Waals surface area contributed by atoms with E-state index in [2.05, 4.69) is 91.1 Å². The molecule has 36 heavy (non-hydrogen) atoms. The van der Waals surface area contributed by atoms with E-state index in [4.69, 9.17) is 4.99 Å². The van der Waals surface area contributed by atoms with E-state index in [0.29, 0.717) is 25.8 Å². The molecule has 0 spiro atoms. The topological polar surface area (TPSA) is 12.4 Å². The number of nitrogens with zero attached hydrogens (tertiary/aromatic N) is 1. The Morgan fingerprint density at radius 3 is 2.19 bits per heavy atom. The molecule has 0 N–H and O–H groups in total. The Morgan fingerprint density at radius 1 is 0.694 bits per heavy atom. The SMILES string of the molecule is C1=CCCC(CC([Se]c2ccccc2)C2CCC(c3ccc(C4=CCCC=CCC4)cc3)=N2)=CCC1. The molecule has 2 aromatic rings. The summed E-state index contributed by atoms with van der Waals surface area (Å²) in [5.41, 5.74) is 7.21. The van der Waals surface area contributed by atoms with E-state index in [1.54, 1.807) is 5.57 Å². The fraction of sp³-hybridized carbons (Fsp3) is 0.382. The van der Waals surface area contributed by atoms with Gasteiger partial charge < -0.3 is 0 Å². The first-order valence-corrected chi connectivity index (χ1v) is 15.8. The Hall–Kier alpha value is -2.41. The molecule has 2 aromatic carbocycles. The van der Waals surface area contributed by atoms with Gasteiger partial charge in [-0.3, -0.25) is 0 Å². The van der Waals surface area contributed by atoms with E-state index in [1.165, 1.54) is 71.8 Å². The quantitative estimate of drug-likeness (QED) is 0.247. The third kappa shape index (κ3) is 7.09. The molecule has 1 heterocycles. The summed E-state index contributed by atoms with van der Waals surface area (Å²) in [6, 6.07) is 20.9. The molecule has 2 atom stereocenters. The van der Waals surface area contributed by atoms with Crippen LogP contribution in [0.1, 0.15) is 81.8 Å². The molecule has 0 bridgehead atoms. The van der Waals surface area contributed by atoms with Crippen LogP contribution in [-0.4, -0.2) is 26.7 Å². The number of rotatable bonds is 7. The Morgan fingerprint density at radius 2 is 1.39 bits per heavy atom. The Balaban J connectivity index is 1.31. The molecule has 3 aliphatic rings. The molecule has 5 rings (SSSR count). The number of benzene rings is 2. The van der Waals surface area contributed by atoms with Crippen molar-refractivity contribution in [2.75, 3.05) is 0 Å². The zero-order valence-electron chi connectivity index (χ0n) is 21.4. The average molecular weight is 541 g/mol. The predicted octanol–water partition coefficient (Wildman–Crippen LogP) is 8.42. The van der Waals surface area contributed by atoms with Gasteiger partial charge in [0.2, 0.25) is 0 Å². The van der Waals surface area contributed by atoms with E-state index in [9.17, 15) is 0 Å². The molecule has 0 amide bonds. The first-order chi connectivity index (χ1) is 17.8. The molecule has 2 aliphatic carbocycles. The van der Waals surface area contributed by atoms with E-state index >= 15 is 0 Å². The van der Waals surface area contributed by atoms with Crippen LogP contribution in [0.3, 0.4) is 0 Å². The standard InChI is InChI=1S/C34H39NSe/c1-3-8-14-27(15-9-4-1)26-34(36-31-18-12-7-13-19-31)33-25-24-32(35-33)30-22-20-29(21-23-30)28-16-10-5-2-6-11-17-28/h1-3,5,7,12-13,15,17-23,33-34H,4,6,8-11,14,16,24-26H2. The molecule has 186 valence electrons. The van der Waals surface area contributed by atoms with E-state index in [1.807, 2.05) is 0 Å². The van der Waals surface area contributed by atoms with Crippen molar-refractivity contribution in [3.63, 3.8) is 0 Å². The molecule has 0 aromatic heterocycles. The normalized spacial score (nSPS) is 21.4. The number of hydrogen-bond acceptors (Lipinski definition) is 1. The van der Waals surface area contributed by atoms with Crippen LogP contribution in [-0.2, 0) is 0 Å². The molecule has 1 nitrogen and oxygen atoms in total. The Bertz CT molecular complexity index is 1130. The van der Waals surface area contributed by atoms with Crippen molar-refractivity contribution in [1.29, 1.82) is 0 Å². The second-order valence-corrected chi connectivity index (χ2v) is 13.0. The second-order valence-electron chi connectivity index (χ2n) is 10.2. The van der Waals surface area contributed by atoms with Crippen LogP contribution in [0.4, 0.5) is 0 Å². The predicted molar refractivity (Wildman–Crippen MR) is 157 cm³/mol. The number of hydrogen-bond donors (Lipinski definition) is 0. The molecular formula is C34H39NSe. The maximum atomic E-state index is 5.40. The molecular weight excluding hydrogens is 501 g/mol. The summed E-state index contributed by atoms with van der Waals surface area (Å²) < 4.78 is 1.51. The minimum absolute atomic E-state index is 0.437. The summed E-state index contributed by atoms with van der Waals surface area (Å²) >= 11 is 0.437. The van der Waals surface area contributed by atoms with Crippen molar-refractivity contribution in [1.82, 2.24) is 0 Å². The van der Waals surface area contributed by atoms with Gasteiger partial charge in [-0.1, -0.05) is 6.08 Å². The first-order valence-electron chi connectivity index (χ1n) is 13.9. The fourth-order valence-electron chi connectivity index (χ4n) is 5.54. The molecule has 0 radical (unpaired) electrons. The van der Waals surface area contributed by atoms with Crippen molar-refractivity contribution >= 4 is 30.7 Å². The summed E-state index contributed by atoms with van der Waals surface area (Å²) in [6.07, 6.45) is 27.3. The van der Waals surface area contributed by atoms with Crippen molar-refractivity contribution in [2.45, 2.75) is 81.5 Å². The Labute approximate surface area is 224 Å². The Kier molecular flexibility index (Phi) is 9.27. The molecule has 1 aliphatic heterocycles. The van der Waals surface area contributed by atoms with Crippen molar-refractivity contribution in [2.24, 2.45) is 4.99 Å². The summed E-state index contributed by atoms with van der Waals surface area (Å²) in [7, 11) is 0. The van der Waals surface area contributed by atoms with Crippen LogP contribution >= 0.6 is 0 Å². The van der Waals surface area contributed by atoms with Crippen LogP contribution in [0.5, 0.6) is 0 Å². The van der Waals surface area contributed by atoms with Gasteiger partial charge in [-0.05, 0) is 0 Å². The molecule has 0 saturated carbocycles. The van der Waals surface area contributed by atoms with Crippen molar-refractivity contribution in [3.8, 4) is 0 Å². The van der Waals surface area contributed by atoms with E-state index in [-0.39, 0.29) is 0 Å². The van der Waals surface area contributed by atoms with Crippen molar-refractivity contribution < 1.29 is 0 Å². The van der Waals surface area contributed by atoms with Gasteiger partial charge in [0, 0.05) is 0 Å². The van der Waals surface area contributed by atoms with Gasteiger partial charge in [-0.15, -0.1) is 0 Å². The molecule has 2 unspecified atom stereocenters. The zero-order valence-corrected chi connectivity index (χ0v) is 23.2. The van der Waals surface area contributed by atoms with E-state index < -0.39 is 0 Å². The summed E-state index contributed by atoms with van der Waals surface area (Å²) in [5.74, 6) is 0. The summed E-state index contributed by atoms with van der Waals surface area (Å²) in [4.78, 5) is 6.04. The third-order valence-corrected chi connectivity index (χ3v) is 10.3. The minimum atomic E-state index is 0.437. The maximum absolute atomic E-state index is 5.40. The van der Waals surface area contributed by atoms with Gasteiger partial charge in [0.15, 0.2) is 0 Å². The van der Waals surface area contributed by atoms with Crippen LogP contribution in [0.2, 0.25) is 4.82 Å². The zero-order chi connectivity index (χ0) is 24.4. The van der Waals surface area contributed by atoms with Gasteiger partial charge in [0.25, 0.3) is 0 Å². The van der Waals surface area contributed by atoms with Gasteiger partial charge in [-0.25, -0.2) is 0 Å². The molecule has 0 saturated heterocycles. The van der Waals surface area contributed by atoms with Gasteiger partial charge in [-0.2, -0.15) is 0 Å². The van der Waals surface area contributed by atoms with E-state index in [0.717, 1.165) is 25.7 Å². The average Bonchev–Trinajstić information content (AvgIpc) is 3.36. The van der Waals surface area contributed by atoms with Crippen LogP contribution in [0, 0.1) is 0 Å². The van der Waals surface area contributed by atoms with Gasteiger partial charge in [0.1, 0.15) is 0 Å². The number of aliphatic imine (C=N–C) groups is 1. The van der Waals surface area contributed by atoms with Crippen LogP contribution in [0.15, 0.2) is 102 Å². The molecule has 0 fully saturated rings. The third-order valence-electron chi connectivity index (χ3n) is 7.55. The van der Waals surface area contributed by atoms with Gasteiger partial charge >= 0.3 is 219 Å². The fourth-order valence-corrected chi connectivity index (χ4v) is 8.29. The first kappa shape index (κ1) is 25.2. The van der Waals surface area contributed by atoms with Crippen LogP contribution < -0.4 is 4.46 Å². The number of allylic oxidation sites excluding steroid dienone is 8. The monoisotopic (exact) mass is 541 g/mol. The summed E-state index contributed by atoms with van der Waals surface area (Å²) in [6.45, 7) is 0. The van der Waals surface area contributed by atoms with Crippen LogP contribution in [0.25, 0.3) is 5.57 Å². The second kappa shape index (κ2) is 13.2. The van der Waals surface area contributed by atoms with Gasteiger partial charge in [0.05, 0.1) is 0 Å².